The molecule has 1 saturated heterocycles. The van der Waals surface area contributed by atoms with Crippen molar-refractivity contribution in [3.63, 3.8) is 0 Å². The quantitative estimate of drug-likeness (QED) is 0.846. The second-order valence-corrected chi connectivity index (χ2v) is 5.46. The van der Waals surface area contributed by atoms with E-state index in [4.69, 9.17) is 17.3 Å². The molecule has 2 heterocycles. The van der Waals surface area contributed by atoms with Crippen LogP contribution in [-0.2, 0) is 4.79 Å². The Balaban J connectivity index is 2.12. The molecule has 0 aliphatic carbocycles. The molecule has 1 fully saturated rings. The molecule has 1 unspecified atom stereocenters. The van der Waals surface area contributed by atoms with Crippen LogP contribution in [0.4, 0.5) is 0 Å². The number of nitrogens with zero attached hydrogens (tertiary/aromatic N) is 1. The maximum atomic E-state index is 11.3. The molecule has 1 atom stereocenters. The van der Waals surface area contributed by atoms with E-state index < -0.39 is 0 Å². The monoisotopic (exact) mass is 259 g/mol. The van der Waals surface area contributed by atoms with Crippen LogP contribution in [0.15, 0.2) is 12.1 Å². The van der Waals surface area contributed by atoms with Crippen LogP contribution in [0.25, 0.3) is 0 Å². The summed E-state index contributed by atoms with van der Waals surface area (Å²) in [6, 6.07) is 3.95. The van der Waals surface area contributed by atoms with Crippen molar-refractivity contribution in [1.82, 2.24) is 10.2 Å². The molecule has 4 nitrogen and oxygen atoms in total. The van der Waals surface area contributed by atoms with Crippen molar-refractivity contribution in [2.24, 2.45) is 5.73 Å². The van der Waals surface area contributed by atoms with Gasteiger partial charge in [0.2, 0.25) is 5.91 Å². The first-order chi connectivity index (χ1) is 7.70. The molecular formula is C10H14ClN3OS. The van der Waals surface area contributed by atoms with Gasteiger partial charge >= 0.3 is 0 Å². The van der Waals surface area contributed by atoms with E-state index >= 15 is 0 Å². The van der Waals surface area contributed by atoms with Gasteiger partial charge in [-0.25, -0.2) is 0 Å². The van der Waals surface area contributed by atoms with Crippen LogP contribution >= 0.6 is 22.9 Å². The third-order valence-corrected chi connectivity index (χ3v) is 3.99. The number of hydrogen-bond acceptors (Lipinski definition) is 4. The first kappa shape index (κ1) is 11.9. The van der Waals surface area contributed by atoms with Gasteiger partial charge in [0.15, 0.2) is 0 Å². The van der Waals surface area contributed by atoms with Crippen LogP contribution in [0, 0.1) is 0 Å². The van der Waals surface area contributed by atoms with Gasteiger partial charge in [-0.05, 0) is 12.1 Å². The molecule has 6 heteroatoms. The second kappa shape index (κ2) is 5.14. The zero-order valence-electron chi connectivity index (χ0n) is 8.78. The Kier molecular flexibility index (Phi) is 3.81. The van der Waals surface area contributed by atoms with Gasteiger partial charge in [0.1, 0.15) is 0 Å². The van der Waals surface area contributed by atoms with Crippen molar-refractivity contribution in [2.75, 3.05) is 26.2 Å². The number of carbonyl (C=O) groups excluding carboxylic acids is 1. The summed E-state index contributed by atoms with van der Waals surface area (Å²) in [4.78, 5) is 14.5. The van der Waals surface area contributed by atoms with Crippen molar-refractivity contribution in [3.05, 3.63) is 21.3 Å². The predicted octanol–water partition coefficient (Wildman–Crippen LogP) is 0.833. The normalized spacial score (nSPS) is 19.5. The van der Waals surface area contributed by atoms with Gasteiger partial charge in [0.25, 0.3) is 0 Å². The number of amides is 1. The maximum Gasteiger partial charge on any atom is 0.234 e. The first-order valence-corrected chi connectivity index (χ1v) is 6.36. The van der Waals surface area contributed by atoms with Gasteiger partial charge in [0, 0.05) is 24.5 Å². The summed E-state index contributed by atoms with van der Waals surface area (Å²) >= 11 is 7.44. The SMILES string of the molecule is NCC(c1ccc(Cl)s1)N1CCNC(=O)C1. The highest BCUT2D eigenvalue weighted by Crippen LogP contribution is 2.30. The minimum atomic E-state index is 0.0624. The fourth-order valence-electron chi connectivity index (χ4n) is 1.88. The van der Waals surface area contributed by atoms with Crippen LogP contribution < -0.4 is 11.1 Å². The van der Waals surface area contributed by atoms with Crippen LogP contribution in [0.3, 0.4) is 0 Å². The number of nitrogens with one attached hydrogen (secondary N) is 1. The van der Waals surface area contributed by atoms with Crippen molar-refractivity contribution >= 4 is 28.8 Å². The van der Waals surface area contributed by atoms with E-state index in [1.54, 1.807) is 0 Å². The van der Waals surface area contributed by atoms with E-state index in [1.165, 1.54) is 11.3 Å². The van der Waals surface area contributed by atoms with Gasteiger partial charge in [-0.3, -0.25) is 9.69 Å². The number of thiophene rings is 1. The summed E-state index contributed by atoms with van der Waals surface area (Å²) in [6.07, 6.45) is 0. The van der Waals surface area contributed by atoms with E-state index in [0.29, 0.717) is 19.6 Å². The summed E-state index contributed by atoms with van der Waals surface area (Å²) < 4.78 is 0.759. The average Bonchev–Trinajstić information content (AvgIpc) is 2.66. The van der Waals surface area contributed by atoms with Crippen LogP contribution in [0.1, 0.15) is 10.9 Å². The maximum absolute atomic E-state index is 11.3. The van der Waals surface area contributed by atoms with Crippen molar-refractivity contribution < 1.29 is 4.79 Å². The van der Waals surface area contributed by atoms with Crippen molar-refractivity contribution in [1.29, 1.82) is 0 Å². The highest BCUT2D eigenvalue weighted by Gasteiger charge is 2.25. The molecule has 3 N–H and O–H groups in total. The number of halogens is 1. The number of carbonyl (C=O) groups is 1. The van der Waals surface area contributed by atoms with Gasteiger partial charge in [-0.2, -0.15) is 0 Å². The summed E-state index contributed by atoms with van der Waals surface area (Å²) in [5.74, 6) is 0.0624. The Bertz CT molecular complexity index is 382. The minimum absolute atomic E-state index is 0.0624. The van der Waals surface area contributed by atoms with E-state index in [-0.39, 0.29) is 11.9 Å². The summed E-state index contributed by atoms with van der Waals surface area (Å²) in [5, 5.41) is 2.80. The van der Waals surface area contributed by atoms with Crippen LogP contribution in [0.2, 0.25) is 4.34 Å². The first-order valence-electron chi connectivity index (χ1n) is 5.16. The predicted molar refractivity (Wildman–Crippen MR) is 65.7 cm³/mol. The summed E-state index contributed by atoms with van der Waals surface area (Å²) in [5.41, 5.74) is 5.78. The molecule has 0 aromatic carbocycles. The van der Waals surface area contributed by atoms with Crippen LogP contribution in [-0.4, -0.2) is 37.0 Å². The molecule has 1 aromatic heterocycles. The van der Waals surface area contributed by atoms with Gasteiger partial charge in [-0.1, -0.05) is 11.6 Å². The summed E-state index contributed by atoms with van der Waals surface area (Å²) in [7, 11) is 0. The van der Waals surface area contributed by atoms with E-state index in [2.05, 4.69) is 10.2 Å². The van der Waals surface area contributed by atoms with E-state index in [1.807, 2.05) is 12.1 Å². The number of nitrogens with two attached hydrogens (primary N) is 1. The Morgan fingerprint density at radius 1 is 1.62 bits per heavy atom. The number of hydrogen-bond donors (Lipinski definition) is 2. The third kappa shape index (κ3) is 2.55. The molecule has 0 spiro atoms. The fraction of sp³-hybridized carbons (Fsp3) is 0.500. The zero-order valence-corrected chi connectivity index (χ0v) is 10.4. The molecule has 1 aliphatic rings. The lowest BCUT2D eigenvalue weighted by atomic mass is 10.2. The Morgan fingerprint density at radius 2 is 2.44 bits per heavy atom. The molecule has 0 bridgehead atoms. The Hall–Kier alpha value is -0.620. The average molecular weight is 260 g/mol. The molecule has 1 amide bonds. The molecule has 88 valence electrons. The van der Waals surface area contributed by atoms with Crippen molar-refractivity contribution in [3.8, 4) is 0 Å². The number of rotatable bonds is 3. The van der Waals surface area contributed by atoms with Crippen LogP contribution in [0.5, 0.6) is 0 Å². The van der Waals surface area contributed by atoms with Gasteiger partial charge in [-0.15, -0.1) is 11.3 Å². The van der Waals surface area contributed by atoms with Crippen molar-refractivity contribution in [2.45, 2.75) is 6.04 Å². The molecule has 2 rings (SSSR count). The highest BCUT2D eigenvalue weighted by atomic mass is 35.5. The third-order valence-electron chi connectivity index (χ3n) is 2.65. The lowest BCUT2D eigenvalue weighted by molar-refractivity contribution is -0.124. The smallest absolute Gasteiger partial charge is 0.234 e. The van der Waals surface area contributed by atoms with Gasteiger partial charge in [0.05, 0.1) is 16.9 Å². The second-order valence-electron chi connectivity index (χ2n) is 3.71. The summed E-state index contributed by atoms with van der Waals surface area (Å²) in [6.45, 7) is 2.44. The molecule has 1 aromatic rings. The molecule has 0 saturated carbocycles. The van der Waals surface area contributed by atoms with E-state index in [0.717, 1.165) is 15.8 Å². The minimum Gasteiger partial charge on any atom is -0.354 e. The molecule has 1 aliphatic heterocycles. The highest BCUT2D eigenvalue weighted by molar-refractivity contribution is 7.16. The largest absolute Gasteiger partial charge is 0.354 e. The number of piperazine rings is 1. The standard InChI is InChI=1S/C10H14ClN3OS/c11-9-2-1-8(16-9)7(5-12)14-4-3-13-10(15)6-14/h1-2,7H,3-6,12H2,(H,13,15). The lowest BCUT2D eigenvalue weighted by Crippen LogP contribution is -2.50. The molecular weight excluding hydrogens is 246 g/mol. The molecule has 0 radical (unpaired) electrons. The topological polar surface area (TPSA) is 58.4 Å². The zero-order chi connectivity index (χ0) is 11.5. The lowest BCUT2D eigenvalue weighted by Gasteiger charge is -2.32. The Labute approximate surface area is 103 Å². The van der Waals surface area contributed by atoms with Gasteiger partial charge < -0.3 is 11.1 Å². The Morgan fingerprint density at radius 3 is 3.00 bits per heavy atom. The fourth-order valence-corrected chi connectivity index (χ4v) is 3.09. The van der Waals surface area contributed by atoms with E-state index in [9.17, 15) is 4.79 Å². The molecule has 16 heavy (non-hydrogen) atoms.